The summed E-state index contributed by atoms with van der Waals surface area (Å²) in [5.41, 5.74) is 0.219. The number of anilines is 2. The summed E-state index contributed by atoms with van der Waals surface area (Å²) in [6, 6.07) is 4.05. The molecule has 0 aliphatic heterocycles. The van der Waals surface area contributed by atoms with Crippen molar-refractivity contribution in [3.05, 3.63) is 39.3 Å². The molecule has 0 unspecified atom stereocenters. The molecule has 0 saturated carbocycles. The van der Waals surface area contributed by atoms with Crippen molar-refractivity contribution in [2.75, 3.05) is 10.6 Å². The maximum atomic E-state index is 11.8. The van der Waals surface area contributed by atoms with E-state index in [9.17, 15) is 9.59 Å². The van der Waals surface area contributed by atoms with Crippen molar-refractivity contribution < 1.29 is 14.7 Å². The SMILES string of the molecule is Cc1cnc(NC(=O)Nc2ccc(Br)cc2C(=O)O)s1. The van der Waals surface area contributed by atoms with Crippen LogP contribution in [0.1, 0.15) is 15.2 Å². The van der Waals surface area contributed by atoms with E-state index in [2.05, 4.69) is 31.5 Å². The number of thiazole rings is 1. The van der Waals surface area contributed by atoms with E-state index in [1.165, 1.54) is 23.5 Å². The van der Waals surface area contributed by atoms with Gasteiger partial charge in [0.1, 0.15) is 0 Å². The number of nitrogens with zero attached hydrogens (tertiary/aromatic N) is 1. The van der Waals surface area contributed by atoms with Gasteiger partial charge in [-0.05, 0) is 25.1 Å². The summed E-state index contributed by atoms with van der Waals surface area (Å²) >= 11 is 4.52. The van der Waals surface area contributed by atoms with E-state index in [1.807, 2.05) is 6.92 Å². The Morgan fingerprint density at radius 2 is 2.10 bits per heavy atom. The Labute approximate surface area is 127 Å². The van der Waals surface area contributed by atoms with Gasteiger partial charge in [0.15, 0.2) is 5.13 Å². The molecule has 1 heterocycles. The van der Waals surface area contributed by atoms with Gasteiger partial charge >= 0.3 is 12.0 Å². The largest absolute Gasteiger partial charge is 0.478 e. The fourth-order valence-electron chi connectivity index (χ4n) is 1.47. The number of benzene rings is 1. The molecule has 1 aromatic carbocycles. The Balaban J connectivity index is 2.13. The molecule has 2 aromatic rings. The molecule has 0 atom stereocenters. The summed E-state index contributed by atoms with van der Waals surface area (Å²) in [5.74, 6) is -1.12. The van der Waals surface area contributed by atoms with Crippen LogP contribution in [0.3, 0.4) is 0 Å². The lowest BCUT2D eigenvalue weighted by molar-refractivity contribution is 0.0698. The lowest BCUT2D eigenvalue weighted by Crippen LogP contribution is -2.20. The summed E-state index contributed by atoms with van der Waals surface area (Å²) in [4.78, 5) is 27.9. The van der Waals surface area contributed by atoms with Crippen LogP contribution in [-0.2, 0) is 0 Å². The minimum Gasteiger partial charge on any atom is -0.478 e. The van der Waals surface area contributed by atoms with Gasteiger partial charge in [0.05, 0.1) is 11.3 Å². The standard InChI is InChI=1S/C12H10BrN3O3S/c1-6-5-14-12(20-6)16-11(19)15-9-3-2-7(13)4-8(9)10(17)18/h2-5H,1H3,(H,17,18)(H2,14,15,16,19). The highest BCUT2D eigenvalue weighted by atomic mass is 79.9. The van der Waals surface area contributed by atoms with Gasteiger partial charge in [-0.3, -0.25) is 5.32 Å². The number of aromatic nitrogens is 1. The third-order valence-corrected chi connectivity index (χ3v) is 3.62. The number of amides is 2. The van der Waals surface area contributed by atoms with Crippen molar-refractivity contribution in [2.45, 2.75) is 6.92 Å². The highest BCUT2D eigenvalue weighted by Crippen LogP contribution is 2.22. The quantitative estimate of drug-likeness (QED) is 0.784. The Morgan fingerprint density at radius 3 is 2.70 bits per heavy atom. The van der Waals surface area contributed by atoms with E-state index < -0.39 is 12.0 Å². The van der Waals surface area contributed by atoms with Gasteiger partial charge in [-0.2, -0.15) is 0 Å². The molecular formula is C12H10BrN3O3S. The third-order valence-electron chi connectivity index (χ3n) is 2.30. The first-order valence-corrected chi connectivity index (χ1v) is 7.10. The average Bonchev–Trinajstić information content (AvgIpc) is 2.76. The number of hydrogen-bond acceptors (Lipinski definition) is 4. The molecule has 8 heteroatoms. The van der Waals surface area contributed by atoms with Gasteiger partial charge in [-0.25, -0.2) is 14.6 Å². The molecule has 104 valence electrons. The second kappa shape index (κ2) is 6.02. The topological polar surface area (TPSA) is 91.3 Å². The summed E-state index contributed by atoms with van der Waals surface area (Å²) in [5, 5.41) is 14.6. The molecule has 0 spiro atoms. The van der Waals surface area contributed by atoms with Crippen molar-refractivity contribution in [3.63, 3.8) is 0 Å². The Kier molecular flexibility index (Phi) is 4.35. The van der Waals surface area contributed by atoms with Crippen molar-refractivity contribution in [3.8, 4) is 0 Å². The summed E-state index contributed by atoms with van der Waals surface area (Å²) in [6.07, 6.45) is 1.64. The number of carboxylic acid groups (broad SMARTS) is 1. The van der Waals surface area contributed by atoms with Gasteiger partial charge < -0.3 is 10.4 Å². The fraction of sp³-hybridized carbons (Fsp3) is 0.0833. The van der Waals surface area contributed by atoms with Crippen molar-refractivity contribution in [1.82, 2.24) is 4.98 Å². The van der Waals surface area contributed by atoms with Crippen molar-refractivity contribution in [2.24, 2.45) is 0 Å². The molecule has 2 rings (SSSR count). The molecule has 1 aromatic heterocycles. The molecule has 3 N–H and O–H groups in total. The molecule has 0 fully saturated rings. The first-order chi connectivity index (χ1) is 9.45. The molecule has 0 aliphatic rings. The molecule has 2 amide bonds. The Bertz CT molecular complexity index is 672. The van der Waals surface area contributed by atoms with Crippen LogP contribution >= 0.6 is 27.3 Å². The summed E-state index contributed by atoms with van der Waals surface area (Å²) in [7, 11) is 0. The van der Waals surface area contributed by atoms with Crippen LogP contribution in [0, 0.1) is 6.92 Å². The monoisotopic (exact) mass is 355 g/mol. The van der Waals surface area contributed by atoms with Crippen molar-refractivity contribution >= 4 is 50.1 Å². The van der Waals surface area contributed by atoms with Gasteiger partial charge in [-0.1, -0.05) is 15.9 Å². The molecule has 20 heavy (non-hydrogen) atoms. The van der Waals surface area contributed by atoms with E-state index in [4.69, 9.17) is 5.11 Å². The van der Waals surface area contributed by atoms with Crippen LogP contribution in [0.5, 0.6) is 0 Å². The number of carbonyl (C=O) groups is 2. The fourth-order valence-corrected chi connectivity index (χ4v) is 2.49. The zero-order valence-corrected chi connectivity index (χ0v) is 12.7. The maximum absolute atomic E-state index is 11.8. The van der Waals surface area contributed by atoms with Gasteiger partial charge in [0, 0.05) is 15.5 Å². The Hall–Kier alpha value is -1.93. The van der Waals surface area contributed by atoms with Crippen molar-refractivity contribution in [1.29, 1.82) is 0 Å². The second-order valence-corrected chi connectivity index (χ2v) is 6.00. The number of rotatable bonds is 3. The van der Waals surface area contributed by atoms with Gasteiger partial charge in [0.2, 0.25) is 0 Å². The highest BCUT2D eigenvalue weighted by molar-refractivity contribution is 9.10. The zero-order valence-electron chi connectivity index (χ0n) is 10.3. The van der Waals surface area contributed by atoms with Gasteiger partial charge in [-0.15, -0.1) is 11.3 Å². The lowest BCUT2D eigenvalue weighted by Gasteiger charge is -2.08. The smallest absolute Gasteiger partial charge is 0.337 e. The molecule has 0 saturated heterocycles. The normalized spacial score (nSPS) is 10.1. The average molecular weight is 356 g/mol. The predicted octanol–water partition coefficient (Wildman–Crippen LogP) is 3.56. The minimum atomic E-state index is -1.12. The highest BCUT2D eigenvalue weighted by Gasteiger charge is 2.13. The van der Waals surface area contributed by atoms with E-state index >= 15 is 0 Å². The summed E-state index contributed by atoms with van der Waals surface area (Å²) < 4.78 is 0.622. The lowest BCUT2D eigenvalue weighted by atomic mass is 10.2. The van der Waals surface area contributed by atoms with Gasteiger partial charge in [0.25, 0.3) is 0 Å². The second-order valence-electron chi connectivity index (χ2n) is 3.85. The first-order valence-electron chi connectivity index (χ1n) is 5.49. The summed E-state index contributed by atoms with van der Waals surface area (Å²) in [6.45, 7) is 1.87. The Morgan fingerprint density at radius 1 is 1.35 bits per heavy atom. The van der Waals surface area contributed by atoms with E-state index in [0.29, 0.717) is 9.60 Å². The number of carboxylic acids is 1. The zero-order chi connectivity index (χ0) is 14.7. The molecular weight excluding hydrogens is 346 g/mol. The van der Waals surface area contributed by atoms with E-state index in [0.717, 1.165) is 4.88 Å². The first kappa shape index (κ1) is 14.5. The predicted molar refractivity (Wildman–Crippen MR) is 80.6 cm³/mol. The molecule has 0 aliphatic carbocycles. The van der Waals surface area contributed by atoms with Crippen LogP contribution < -0.4 is 10.6 Å². The van der Waals surface area contributed by atoms with Crippen LogP contribution in [0.2, 0.25) is 0 Å². The minimum absolute atomic E-state index is 0.00449. The van der Waals surface area contributed by atoms with E-state index in [1.54, 1.807) is 12.3 Å². The number of aromatic carboxylic acids is 1. The number of urea groups is 1. The van der Waals surface area contributed by atoms with Crippen LogP contribution in [0.25, 0.3) is 0 Å². The number of hydrogen-bond donors (Lipinski definition) is 3. The molecule has 0 radical (unpaired) electrons. The number of carbonyl (C=O) groups excluding carboxylic acids is 1. The number of halogens is 1. The molecule has 6 nitrogen and oxygen atoms in total. The maximum Gasteiger partial charge on any atom is 0.337 e. The molecule has 0 bridgehead atoms. The third kappa shape index (κ3) is 3.55. The van der Waals surface area contributed by atoms with Crippen LogP contribution in [0.15, 0.2) is 28.9 Å². The van der Waals surface area contributed by atoms with Crippen LogP contribution in [-0.4, -0.2) is 22.1 Å². The van der Waals surface area contributed by atoms with Crippen LogP contribution in [0.4, 0.5) is 15.6 Å². The van der Waals surface area contributed by atoms with E-state index in [-0.39, 0.29) is 11.3 Å². The number of nitrogens with one attached hydrogen (secondary N) is 2. The number of aryl methyl sites for hydroxylation is 1.